The van der Waals surface area contributed by atoms with Gasteiger partial charge in [-0.2, -0.15) is 0 Å². The number of benzene rings is 1. The molecule has 0 aliphatic rings. The molecule has 1 aromatic carbocycles. The van der Waals surface area contributed by atoms with E-state index in [0.717, 1.165) is 23.1 Å². The summed E-state index contributed by atoms with van der Waals surface area (Å²) < 4.78 is 2.21. The fraction of sp³-hybridized carbons (Fsp3) is 0.304. The van der Waals surface area contributed by atoms with Gasteiger partial charge in [0.2, 0.25) is 5.91 Å². The van der Waals surface area contributed by atoms with Gasteiger partial charge in [0.1, 0.15) is 0 Å². The van der Waals surface area contributed by atoms with Crippen LogP contribution in [-0.4, -0.2) is 26.4 Å². The van der Waals surface area contributed by atoms with E-state index in [0.29, 0.717) is 13.0 Å². The molecule has 4 heteroatoms. The summed E-state index contributed by atoms with van der Waals surface area (Å²) in [5.41, 5.74) is 3.35. The molecule has 0 spiro atoms. The van der Waals surface area contributed by atoms with Gasteiger partial charge in [0.25, 0.3) is 0 Å². The Hall–Kier alpha value is -2.88. The monoisotopic (exact) mass is 361 g/mol. The van der Waals surface area contributed by atoms with E-state index in [2.05, 4.69) is 53.9 Å². The number of amides is 1. The molecule has 0 N–H and O–H groups in total. The van der Waals surface area contributed by atoms with Crippen molar-refractivity contribution in [2.75, 3.05) is 0 Å². The molecule has 4 nitrogen and oxygen atoms in total. The van der Waals surface area contributed by atoms with E-state index >= 15 is 0 Å². The fourth-order valence-corrected chi connectivity index (χ4v) is 3.34. The fourth-order valence-electron chi connectivity index (χ4n) is 3.34. The van der Waals surface area contributed by atoms with Crippen LogP contribution in [0.2, 0.25) is 0 Å². The lowest BCUT2D eigenvalue weighted by atomic mass is 10.1. The van der Waals surface area contributed by atoms with Gasteiger partial charge in [0.15, 0.2) is 0 Å². The van der Waals surface area contributed by atoms with Crippen LogP contribution in [0.15, 0.2) is 67.1 Å². The number of allylic oxidation sites excluding steroid dienone is 2. The molecule has 0 radical (unpaired) electrons. The Balaban J connectivity index is 1.85. The minimum absolute atomic E-state index is 0.141. The lowest BCUT2D eigenvalue weighted by Gasteiger charge is -2.27. The smallest absolute Gasteiger partial charge is 0.227 e. The molecule has 0 atom stereocenters. The molecular weight excluding hydrogens is 334 g/mol. The first-order chi connectivity index (χ1) is 13.1. The molecule has 2 heterocycles. The van der Waals surface area contributed by atoms with Gasteiger partial charge in [-0.1, -0.05) is 30.4 Å². The highest BCUT2D eigenvalue weighted by Gasteiger charge is 2.20. The van der Waals surface area contributed by atoms with Crippen molar-refractivity contribution in [2.45, 2.75) is 46.3 Å². The maximum absolute atomic E-state index is 13.1. The lowest BCUT2D eigenvalue weighted by Crippen LogP contribution is -2.37. The van der Waals surface area contributed by atoms with Crippen molar-refractivity contribution in [1.82, 2.24) is 14.5 Å². The Morgan fingerprint density at radius 2 is 1.93 bits per heavy atom. The Bertz CT molecular complexity index is 925. The highest BCUT2D eigenvalue weighted by molar-refractivity contribution is 5.89. The van der Waals surface area contributed by atoms with Gasteiger partial charge in [0, 0.05) is 48.6 Å². The van der Waals surface area contributed by atoms with Crippen molar-refractivity contribution >= 4 is 16.8 Å². The summed E-state index contributed by atoms with van der Waals surface area (Å²) >= 11 is 0. The molecule has 0 unspecified atom stereocenters. The topological polar surface area (TPSA) is 38.1 Å². The molecule has 0 aliphatic heterocycles. The average Bonchev–Trinajstić information content (AvgIpc) is 3.02. The van der Waals surface area contributed by atoms with Crippen molar-refractivity contribution < 1.29 is 4.79 Å². The molecule has 27 heavy (non-hydrogen) atoms. The first-order valence-corrected chi connectivity index (χ1v) is 9.46. The van der Waals surface area contributed by atoms with Gasteiger partial charge < -0.3 is 9.47 Å². The van der Waals surface area contributed by atoms with Gasteiger partial charge >= 0.3 is 0 Å². The first kappa shape index (κ1) is 18.9. The molecule has 140 valence electrons. The number of fused-ring (bicyclic) bond motifs is 1. The summed E-state index contributed by atoms with van der Waals surface area (Å²) in [5.74, 6) is 0.149. The Labute approximate surface area is 161 Å². The summed E-state index contributed by atoms with van der Waals surface area (Å²) in [6, 6.07) is 12.4. The molecule has 1 amide bonds. The highest BCUT2D eigenvalue weighted by atomic mass is 16.2. The zero-order valence-electron chi connectivity index (χ0n) is 16.3. The molecule has 3 aromatic rings. The zero-order valence-corrected chi connectivity index (χ0v) is 16.3. The summed E-state index contributed by atoms with van der Waals surface area (Å²) in [6.07, 6.45) is 10.2. The zero-order chi connectivity index (χ0) is 19.2. The number of aromatic nitrogens is 2. The Morgan fingerprint density at radius 3 is 2.63 bits per heavy atom. The van der Waals surface area contributed by atoms with E-state index in [1.807, 2.05) is 36.1 Å². The quantitative estimate of drug-likeness (QED) is 0.577. The van der Waals surface area contributed by atoms with Gasteiger partial charge in [-0.05, 0) is 50.1 Å². The standard InChI is InChI=1S/C23H27N3O/c1-4-5-14-25-17-20(21-8-6-7-9-22(21)25)15-23(27)26(18(2)3)16-19-10-12-24-13-11-19/h4-13,17-18H,14-16H2,1-3H3/b5-4+. The predicted molar refractivity (Wildman–Crippen MR) is 110 cm³/mol. The molecule has 0 saturated heterocycles. The largest absolute Gasteiger partial charge is 0.343 e. The van der Waals surface area contributed by atoms with Crippen molar-refractivity contribution in [1.29, 1.82) is 0 Å². The molecule has 0 saturated carbocycles. The average molecular weight is 361 g/mol. The SMILES string of the molecule is C/C=C/Cn1cc(CC(=O)N(Cc2ccncc2)C(C)C)c2ccccc21. The van der Waals surface area contributed by atoms with Gasteiger partial charge in [-0.25, -0.2) is 0 Å². The third-order valence-electron chi connectivity index (χ3n) is 4.80. The van der Waals surface area contributed by atoms with Crippen molar-refractivity contribution in [3.05, 3.63) is 78.3 Å². The van der Waals surface area contributed by atoms with Gasteiger partial charge in [0.05, 0.1) is 6.42 Å². The Kier molecular flexibility index (Phi) is 6.07. The van der Waals surface area contributed by atoms with E-state index < -0.39 is 0 Å². The molecule has 0 fully saturated rings. The van der Waals surface area contributed by atoms with Crippen molar-refractivity contribution in [3.63, 3.8) is 0 Å². The van der Waals surface area contributed by atoms with Gasteiger partial charge in [-0.15, -0.1) is 0 Å². The van der Waals surface area contributed by atoms with Crippen LogP contribution in [0.1, 0.15) is 31.9 Å². The third-order valence-corrected chi connectivity index (χ3v) is 4.80. The maximum atomic E-state index is 13.1. The predicted octanol–water partition coefficient (Wildman–Crippen LogP) is 4.59. The number of hydrogen-bond acceptors (Lipinski definition) is 2. The number of pyridine rings is 1. The number of carbonyl (C=O) groups excluding carboxylic acids is 1. The summed E-state index contributed by atoms with van der Waals surface area (Å²) in [4.78, 5) is 19.1. The molecular formula is C23H27N3O. The second-order valence-electron chi connectivity index (χ2n) is 7.04. The Morgan fingerprint density at radius 1 is 1.19 bits per heavy atom. The van der Waals surface area contributed by atoms with E-state index in [1.165, 1.54) is 5.52 Å². The minimum atomic E-state index is 0.141. The van der Waals surface area contributed by atoms with Crippen molar-refractivity contribution in [3.8, 4) is 0 Å². The van der Waals surface area contributed by atoms with Crippen LogP contribution in [0.3, 0.4) is 0 Å². The number of rotatable bonds is 7. The molecule has 0 aliphatic carbocycles. The minimum Gasteiger partial charge on any atom is -0.343 e. The van der Waals surface area contributed by atoms with Crippen LogP contribution in [0.4, 0.5) is 0 Å². The van der Waals surface area contributed by atoms with Crippen LogP contribution in [0, 0.1) is 0 Å². The van der Waals surface area contributed by atoms with Gasteiger partial charge in [-0.3, -0.25) is 9.78 Å². The molecule has 3 rings (SSSR count). The maximum Gasteiger partial charge on any atom is 0.227 e. The number of carbonyl (C=O) groups is 1. The van der Waals surface area contributed by atoms with Crippen molar-refractivity contribution in [2.24, 2.45) is 0 Å². The van der Waals surface area contributed by atoms with E-state index in [-0.39, 0.29) is 11.9 Å². The normalized spacial score (nSPS) is 11.6. The first-order valence-electron chi connectivity index (χ1n) is 9.46. The molecule has 0 bridgehead atoms. The summed E-state index contributed by atoms with van der Waals surface area (Å²) in [7, 11) is 0. The van der Waals surface area contributed by atoms with Crippen LogP contribution in [-0.2, 0) is 24.3 Å². The second kappa shape index (κ2) is 8.67. The van der Waals surface area contributed by atoms with E-state index in [9.17, 15) is 4.79 Å². The van der Waals surface area contributed by atoms with Crippen LogP contribution >= 0.6 is 0 Å². The number of para-hydroxylation sites is 1. The number of nitrogens with zero attached hydrogens (tertiary/aromatic N) is 3. The lowest BCUT2D eigenvalue weighted by molar-refractivity contribution is -0.132. The van der Waals surface area contributed by atoms with E-state index in [4.69, 9.17) is 0 Å². The van der Waals surface area contributed by atoms with Crippen LogP contribution < -0.4 is 0 Å². The van der Waals surface area contributed by atoms with Crippen LogP contribution in [0.5, 0.6) is 0 Å². The van der Waals surface area contributed by atoms with Crippen LogP contribution in [0.25, 0.3) is 10.9 Å². The third kappa shape index (κ3) is 4.45. The number of hydrogen-bond donors (Lipinski definition) is 0. The second-order valence-corrected chi connectivity index (χ2v) is 7.04. The summed E-state index contributed by atoms with van der Waals surface area (Å²) in [5, 5.41) is 1.16. The summed E-state index contributed by atoms with van der Waals surface area (Å²) in [6.45, 7) is 7.57. The molecule has 2 aromatic heterocycles. The van der Waals surface area contributed by atoms with E-state index in [1.54, 1.807) is 12.4 Å². The highest BCUT2D eigenvalue weighted by Crippen LogP contribution is 2.23.